The lowest BCUT2D eigenvalue weighted by Gasteiger charge is -2.17. The average Bonchev–Trinajstić information content (AvgIpc) is 2.63. The van der Waals surface area contributed by atoms with Crippen molar-refractivity contribution >= 4 is 5.91 Å². The highest BCUT2D eigenvalue weighted by atomic mass is 16.2. The molecule has 2 N–H and O–H groups in total. The van der Waals surface area contributed by atoms with Gasteiger partial charge in [0, 0.05) is 14.1 Å². The van der Waals surface area contributed by atoms with Crippen LogP contribution in [-0.4, -0.2) is 39.9 Å². The molecule has 0 fully saturated rings. The summed E-state index contributed by atoms with van der Waals surface area (Å²) in [6, 6.07) is -0.362. The van der Waals surface area contributed by atoms with Crippen LogP contribution in [0.4, 0.5) is 0 Å². The van der Waals surface area contributed by atoms with Crippen molar-refractivity contribution in [3.8, 4) is 0 Å². The molecule has 0 saturated carbocycles. The summed E-state index contributed by atoms with van der Waals surface area (Å²) < 4.78 is 1.53. The molecule has 0 spiro atoms. The van der Waals surface area contributed by atoms with Gasteiger partial charge in [-0.2, -0.15) is 0 Å². The van der Waals surface area contributed by atoms with Gasteiger partial charge in [0.1, 0.15) is 11.7 Å². The summed E-state index contributed by atoms with van der Waals surface area (Å²) in [6.07, 6.45) is 1.71. The van der Waals surface area contributed by atoms with Crippen LogP contribution in [0.15, 0.2) is 6.20 Å². The zero-order chi connectivity index (χ0) is 12.5. The molecule has 6 heteroatoms. The highest BCUT2D eigenvalue weighted by Crippen LogP contribution is 2.15. The predicted octanol–water partition coefficient (Wildman–Crippen LogP) is 0.121. The molecule has 1 atom stereocenters. The van der Waals surface area contributed by atoms with E-state index in [9.17, 15) is 4.79 Å². The summed E-state index contributed by atoms with van der Waals surface area (Å²) in [5.41, 5.74) is 6.02. The van der Waals surface area contributed by atoms with Crippen LogP contribution in [0.3, 0.4) is 0 Å². The summed E-state index contributed by atoms with van der Waals surface area (Å²) in [5.74, 6) is -0.0220. The van der Waals surface area contributed by atoms with Crippen LogP contribution in [0.1, 0.15) is 32.5 Å². The van der Waals surface area contributed by atoms with Crippen molar-refractivity contribution in [3.63, 3.8) is 0 Å². The normalized spacial score (nSPS) is 13.6. The average molecular weight is 225 g/mol. The van der Waals surface area contributed by atoms with E-state index in [0.29, 0.717) is 5.69 Å². The minimum atomic E-state index is -0.543. The minimum Gasteiger partial charge on any atom is -0.347 e. The first-order valence-corrected chi connectivity index (χ1v) is 5.16. The molecule has 16 heavy (non-hydrogen) atoms. The summed E-state index contributed by atoms with van der Waals surface area (Å²) in [5, 5.41) is 7.89. The first-order chi connectivity index (χ1) is 7.23. The standard InChI is InChI=1S/C10H19N5O/c1-7(9(16)14(4)5)15-6-8(12-13-15)10(2,3)11/h6-7H,11H2,1-5H3. The van der Waals surface area contributed by atoms with Crippen molar-refractivity contribution in [2.75, 3.05) is 14.1 Å². The number of likely N-dealkylation sites (N-methyl/N-ethyl adjacent to an activating group) is 1. The second kappa shape index (κ2) is 4.21. The molecule has 0 radical (unpaired) electrons. The smallest absolute Gasteiger partial charge is 0.246 e. The lowest BCUT2D eigenvalue weighted by atomic mass is 10.0. The summed E-state index contributed by atoms with van der Waals surface area (Å²) in [4.78, 5) is 13.2. The molecule has 0 saturated heterocycles. The van der Waals surface area contributed by atoms with Gasteiger partial charge in [0.25, 0.3) is 0 Å². The fraction of sp³-hybridized carbons (Fsp3) is 0.700. The van der Waals surface area contributed by atoms with E-state index in [2.05, 4.69) is 10.3 Å². The minimum absolute atomic E-state index is 0.0220. The zero-order valence-electron chi connectivity index (χ0n) is 10.4. The third-order valence-electron chi connectivity index (χ3n) is 2.37. The summed E-state index contributed by atoms with van der Waals surface area (Å²) >= 11 is 0. The maximum atomic E-state index is 11.7. The lowest BCUT2D eigenvalue weighted by molar-refractivity contribution is -0.132. The molecule has 6 nitrogen and oxygen atoms in total. The van der Waals surface area contributed by atoms with Crippen LogP contribution < -0.4 is 5.73 Å². The summed E-state index contributed by atoms with van der Waals surface area (Å²) in [6.45, 7) is 5.48. The maximum absolute atomic E-state index is 11.7. The van der Waals surface area contributed by atoms with Crippen molar-refractivity contribution in [1.29, 1.82) is 0 Å². The van der Waals surface area contributed by atoms with Crippen LogP contribution in [0.2, 0.25) is 0 Å². The van der Waals surface area contributed by atoms with E-state index in [4.69, 9.17) is 5.73 Å². The van der Waals surface area contributed by atoms with E-state index in [1.54, 1.807) is 27.2 Å². The molecule has 1 aromatic heterocycles. The Bertz CT molecular complexity index is 377. The van der Waals surface area contributed by atoms with Gasteiger partial charge in [-0.15, -0.1) is 5.10 Å². The molecular weight excluding hydrogens is 206 g/mol. The largest absolute Gasteiger partial charge is 0.347 e. The zero-order valence-corrected chi connectivity index (χ0v) is 10.4. The number of hydrogen-bond donors (Lipinski definition) is 1. The molecule has 0 aliphatic heterocycles. The van der Waals surface area contributed by atoms with E-state index in [0.717, 1.165) is 0 Å². The van der Waals surface area contributed by atoms with Crippen molar-refractivity contribution in [3.05, 3.63) is 11.9 Å². The van der Waals surface area contributed by atoms with Gasteiger partial charge in [0.15, 0.2) is 0 Å². The highest BCUT2D eigenvalue weighted by Gasteiger charge is 2.22. The third-order valence-corrected chi connectivity index (χ3v) is 2.37. The molecule has 0 bridgehead atoms. The van der Waals surface area contributed by atoms with Crippen LogP contribution in [0.5, 0.6) is 0 Å². The number of carbonyl (C=O) groups excluding carboxylic acids is 1. The van der Waals surface area contributed by atoms with Gasteiger partial charge in [-0.25, -0.2) is 4.68 Å². The highest BCUT2D eigenvalue weighted by molar-refractivity contribution is 5.79. The van der Waals surface area contributed by atoms with Gasteiger partial charge in [0.2, 0.25) is 5.91 Å². The third kappa shape index (κ3) is 2.57. The van der Waals surface area contributed by atoms with Crippen LogP contribution in [-0.2, 0) is 10.3 Å². The number of aromatic nitrogens is 3. The number of nitrogens with zero attached hydrogens (tertiary/aromatic N) is 4. The Morgan fingerprint density at radius 2 is 2.12 bits per heavy atom. The SMILES string of the molecule is CC(C(=O)N(C)C)n1cc(C(C)(C)N)nn1. The van der Waals surface area contributed by atoms with Crippen LogP contribution in [0, 0.1) is 0 Å². The van der Waals surface area contributed by atoms with E-state index in [-0.39, 0.29) is 11.9 Å². The molecule has 90 valence electrons. The molecule has 0 aliphatic carbocycles. The Labute approximate surface area is 95.4 Å². The predicted molar refractivity (Wildman–Crippen MR) is 60.6 cm³/mol. The van der Waals surface area contributed by atoms with Crippen molar-refractivity contribution in [1.82, 2.24) is 19.9 Å². The number of hydrogen-bond acceptors (Lipinski definition) is 4. The quantitative estimate of drug-likeness (QED) is 0.792. The lowest BCUT2D eigenvalue weighted by Crippen LogP contribution is -2.30. The molecule has 1 rings (SSSR count). The van der Waals surface area contributed by atoms with Gasteiger partial charge < -0.3 is 10.6 Å². The Morgan fingerprint density at radius 1 is 1.56 bits per heavy atom. The van der Waals surface area contributed by atoms with Crippen molar-refractivity contribution in [2.45, 2.75) is 32.4 Å². The molecular formula is C10H19N5O. The molecule has 1 heterocycles. The molecule has 1 unspecified atom stereocenters. The molecule has 0 aromatic carbocycles. The Hall–Kier alpha value is -1.43. The Balaban J connectivity index is 2.90. The van der Waals surface area contributed by atoms with Crippen LogP contribution >= 0.6 is 0 Å². The van der Waals surface area contributed by atoms with Crippen molar-refractivity contribution < 1.29 is 4.79 Å². The Morgan fingerprint density at radius 3 is 2.50 bits per heavy atom. The number of carbonyl (C=O) groups is 1. The van der Waals surface area contributed by atoms with Crippen molar-refractivity contribution in [2.24, 2.45) is 5.73 Å². The van der Waals surface area contributed by atoms with Gasteiger partial charge in [-0.3, -0.25) is 4.79 Å². The van der Waals surface area contributed by atoms with Gasteiger partial charge in [-0.1, -0.05) is 5.21 Å². The van der Waals surface area contributed by atoms with E-state index >= 15 is 0 Å². The van der Waals surface area contributed by atoms with Gasteiger partial charge >= 0.3 is 0 Å². The van der Waals surface area contributed by atoms with Crippen LogP contribution in [0.25, 0.3) is 0 Å². The van der Waals surface area contributed by atoms with Gasteiger partial charge in [0.05, 0.1) is 11.7 Å². The molecule has 0 aliphatic rings. The number of nitrogens with two attached hydrogens (primary N) is 1. The van der Waals surface area contributed by atoms with Gasteiger partial charge in [-0.05, 0) is 20.8 Å². The van der Waals surface area contributed by atoms with E-state index in [1.807, 2.05) is 13.8 Å². The maximum Gasteiger partial charge on any atom is 0.246 e. The second-order valence-corrected chi connectivity index (χ2v) is 4.71. The summed E-state index contributed by atoms with van der Waals surface area (Å²) in [7, 11) is 3.42. The number of amides is 1. The monoisotopic (exact) mass is 225 g/mol. The molecule has 1 amide bonds. The first kappa shape index (κ1) is 12.6. The number of rotatable bonds is 3. The fourth-order valence-corrected chi connectivity index (χ4v) is 1.25. The fourth-order valence-electron chi connectivity index (χ4n) is 1.25. The van der Waals surface area contributed by atoms with E-state index < -0.39 is 5.54 Å². The second-order valence-electron chi connectivity index (χ2n) is 4.71. The first-order valence-electron chi connectivity index (χ1n) is 5.16. The van der Waals surface area contributed by atoms with E-state index in [1.165, 1.54) is 9.58 Å². The molecule has 1 aromatic rings. The Kier molecular flexibility index (Phi) is 3.32. The topological polar surface area (TPSA) is 77.0 Å².